The maximum Gasteiger partial charge on any atom is 0.433 e. The molecule has 1 aromatic carbocycles. The van der Waals surface area contributed by atoms with Crippen LogP contribution in [0, 0.1) is 0 Å². The van der Waals surface area contributed by atoms with Gasteiger partial charge in [0.1, 0.15) is 0 Å². The molecular weight excluding hydrogens is 324 g/mol. The Labute approximate surface area is 149 Å². The highest BCUT2D eigenvalue weighted by Crippen LogP contribution is 2.12. The number of amides is 1. The van der Waals surface area contributed by atoms with Crippen LogP contribution in [0.15, 0.2) is 35.5 Å². The van der Waals surface area contributed by atoms with Gasteiger partial charge in [-0.3, -0.25) is 4.84 Å². The highest BCUT2D eigenvalue weighted by molar-refractivity contribution is 6.30. The standard InChI is InChI=1S/C19H27ClN2O2/c1-4-5-6-7-8-18(22-24-19(23)21-15(2)3)14-11-16-9-12-17(20)13-10-16/h9-15H,4-8H2,1-3H3,(H,21,23). The molecule has 132 valence electrons. The van der Waals surface area contributed by atoms with Crippen LogP contribution in [0.4, 0.5) is 4.79 Å². The molecule has 0 radical (unpaired) electrons. The number of nitrogens with one attached hydrogen (secondary N) is 1. The lowest BCUT2D eigenvalue weighted by atomic mass is 10.1. The number of halogens is 1. The molecule has 0 unspecified atom stereocenters. The summed E-state index contributed by atoms with van der Waals surface area (Å²) in [6.07, 6.45) is 8.62. The molecule has 0 heterocycles. The molecule has 1 rings (SSSR count). The molecule has 4 nitrogen and oxygen atoms in total. The average molecular weight is 351 g/mol. The van der Waals surface area contributed by atoms with Crippen molar-refractivity contribution < 1.29 is 9.63 Å². The summed E-state index contributed by atoms with van der Waals surface area (Å²) in [4.78, 5) is 16.5. The van der Waals surface area contributed by atoms with Crippen LogP contribution in [-0.2, 0) is 4.84 Å². The molecule has 1 aromatic rings. The van der Waals surface area contributed by atoms with Crippen LogP contribution in [-0.4, -0.2) is 17.8 Å². The van der Waals surface area contributed by atoms with E-state index in [9.17, 15) is 4.79 Å². The van der Waals surface area contributed by atoms with Gasteiger partial charge in [0, 0.05) is 11.1 Å². The molecule has 1 N–H and O–H groups in total. The van der Waals surface area contributed by atoms with Crippen molar-refractivity contribution in [2.45, 2.75) is 58.9 Å². The Kier molecular flexibility index (Phi) is 9.85. The second-order valence-corrected chi connectivity index (χ2v) is 6.39. The maximum atomic E-state index is 11.6. The third-order valence-electron chi connectivity index (χ3n) is 3.28. The maximum absolute atomic E-state index is 11.6. The fourth-order valence-corrected chi connectivity index (χ4v) is 2.15. The number of carbonyl (C=O) groups excluding carboxylic acids is 1. The Morgan fingerprint density at radius 1 is 1.25 bits per heavy atom. The second kappa shape index (κ2) is 11.7. The van der Waals surface area contributed by atoms with Gasteiger partial charge in [0.05, 0.1) is 5.71 Å². The summed E-state index contributed by atoms with van der Waals surface area (Å²) in [5, 5.41) is 7.35. The zero-order valence-corrected chi connectivity index (χ0v) is 15.5. The summed E-state index contributed by atoms with van der Waals surface area (Å²) >= 11 is 5.89. The Bertz CT molecular complexity index is 551. The van der Waals surface area contributed by atoms with Gasteiger partial charge in [0.25, 0.3) is 0 Å². The van der Waals surface area contributed by atoms with E-state index in [0.29, 0.717) is 5.02 Å². The number of nitrogens with zero attached hydrogens (tertiary/aromatic N) is 1. The SMILES string of the molecule is CCCCCCC(C=Cc1ccc(Cl)cc1)=NOC(=O)NC(C)C. The minimum absolute atomic E-state index is 0.0188. The van der Waals surface area contributed by atoms with E-state index in [2.05, 4.69) is 17.4 Å². The van der Waals surface area contributed by atoms with Gasteiger partial charge in [-0.1, -0.05) is 61.2 Å². The van der Waals surface area contributed by atoms with Crippen molar-refractivity contribution in [2.24, 2.45) is 5.16 Å². The van der Waals surface area contributed by atoms with Gasteiger partial charge in [-0.05, 0) is 50.5 Å². The number of benzene rings is 1. The molecule has 0 aliphatic rings. The Morgan fingerprint density at radius 3 is 2.58 bits per heavy atom. The zero-order valence-electron chi connectivity index (χ0n) is 14.7. The predicted molar refractivity (Wildman–Crippen MR) is 101 cm³/mol. The average Bonchev–Trinajstić information content (AvgIpc) is 2.54. The number of hydrogen-bond acceptors (Lipinski definition) is 3. The molecule has 0 aliphatic heterocycles. The van der Waals surface area contributed by atoms with Crippen LogP contribution in [0.2, 0.25) is 5.02 Å². The van der Waals surface area contributed by atoms with E-state index in [1.807, 2.05) is 50.3 Å². The van der Waals surface area contributed by atoms with E-state index >= 15 is 0 Å². The molecule has 5 heteroatoms. The Hall–Kier alpha value is -1.81. The van der Waals surface area contributed by atoms with Crippen molar-refractivity contribution in [3.63, 3.8) is 0 Å². The normalized spacial score (nSPS) is 12.0. The van der Waals surface area contributed by atoms with Gasteiger partial charge in [0.2, 0.25) is 0 Å². The summed E-state index contributed by atoms with van der Waals surface area (Å²) in [5.74, 6) is 0. The molecule has 0 bridgehead atoms. The van der Waals surface area contributed by atoms with Crippen molar-refractivity contribution in [2.75, 3.05) is 0 Å². The van der Waals surface area contributed by atoms with Crippen LogP contribution in [0.3, 0.4) is 0 Å². The second-order valence-electron chi connectivity index (χ2n) is 5.96. The summed E-state index contributed by atoms with van der Waals surface area (Å²) in [7, 11) is 0. The van der Waals surface area contributed by atoms with E-state index < -0.39 is 6.09 Å². The molecular formula is C19H27ClN2O2. The van der Waals surface area contributed by atoms with E-state index in [1.54, 1.807) is 0 Å². The largest absolute Gasteiger partial charge is 0.433 e. The molecule has 24 heavy (non-hydrogen) atoms. The van der Waals surface area contributed by atoms with Crippen molar-refractivity contribution >= 4 is 29.5 Å². The van der Waals surface area contributed by atoms with Gasteiger partial charge in [0.15, 0.2) is 0 Å². The van der Waals surface area contributed by atoms with Crippen molar-refractivity contribution in [3.8, 4) is 0 Å². The van der Waals surface area contributed by atoms with Gasteiger partial charge >= 0.3 is 6.09 Å². The Morgan fingerprint density at radius 2 is 1.96 bits per heavy atom. The van der Waals surface area contributed by atoms with Crippen LogP contribution in [0.5, 0.6) is 0 Å². The van der Waals surface area contributed by atoms with Crippen molar-refractivity contribution in [1.82, 2.24) is 5.32 Å². The fourth-order valence-electron chi connectivity index (χ4n) is 2.02. The lowest BCUT2D eigenvalue weighted by Crippen LogP contribution is -2.29. The third kappa shape index (κ3) is 9.36. The number of rotatable bonds is 9. The monoisotopic (exact) mass is 350 g/mol. The van der Waals surface area contributed by atoms with Crippen molar-refractivity contribution in [3.05, 3.63) is 40.9 Å². The first-order valence-corrected chi connectivity index (χ1v) is 8.87. The summed E-state index contributed by atoms with van der Waals surface area (Å²) in [6.45, 7) is 5.92. The van der Waals surface area contributed by atoms with E-state index in [-0.39, 0.29) is 6.04 Å². The molecule has 0 fully saturated rings. The lowest BCUT2D eigenvalue weighted by molar-refractivity contribution is 0.148. The number of carbonyl (C=O) groups is 1. The molecule has 0 atom stereocenters. The van der Waals surface area contributed by atoms with Gasteiger partial charge in [-0.2, -0.15) is 0 Å². The van der Waals surface area contributed by atoms with Gasteiger partial charge < -0.3 is 5.32 Å². The highest BCUT2D eigenvalue weighted by atomic mass is 35.5. The van der Waals surface area contributed by atoms with Gasteiger partial charge in [-0.15, -0.1) is 0 Å². The third-order valence-corrected chi connectivity index (χ3v) is 3.53. The minimum Gasteiger partial charge on any atom is -0.317 e. The van der Waals surface area contributed by atoms with E-state index in [0.717, 1.165) is 30.5 Å². The van der Waals surface area contributed by atoms with E-state index in [1.165, 1.54) is 12.8 Å². The molecule has 0 aliphatic carbocycles. The summed E-state index contributed by atoms with van der Waals surface area (Å²) in [5.41, 5.74) is 1.77. The quantitative estimate of drug-likeness (QED) is 0.264. The fraction of sp³-hybridized carbons (Fsp3) is 0.474. The van der Waals surface area contributed by atoms with Crippen LogP contribution >= 0.6 is 11.6 Å². The zero-order chi connectivity index (χ0) is 17.8. The van der Waals surface area contributed by atoms with E-state index in [4.69, 9.17) is 16.4 Å². The minimum atomic E-state index is -0.532. The number of oxime groups is 1. The molecule has 0 aromatic heterocycles. The number of unbranched alkanes of at least 4 members (excludes halogenated alkanes) is 3. The summed E-state index contributed by atoms with van der Waals surface area (Å²) < 4.78 is 0. The summed E-state index contributed by atoms with van der Waals surface area (Å²) in [6, 6.07) is 7.56. The molecule has 1 amide bonds. The number of allylic oxidation sites excluding steroid dienone is 1. The molecule has 0 saturated carbocycles. The lowest BCUT2D eigenvalue weighted by Gasteiger charge is -2.06. The predicted octanol–water partition coefficient (Wildman–Crippen LogP) is 5.81. The smallest absolute Gasteiger partial charge is 0.317 e. The first kappa shape index (κ1) is 20.2. The first-order chi connectivity index (χ1) is 11.5. The van der Waals surface area contributed by atoms with Crippen LogP contribution < -0.4 is 5.32 Å². The number of hydrogen-bond donors (Lipinski definition) is 1. The molecule has 0 saturated heterocycles. The highest BCUT2D eigenvalue weighted by Gasteiger charge is 2.04. The first-order valence-electron chi connectivity index (χ1n) is 8.49. The van der Waals surface area contributed by atoms with Crippen LogP contribution in [0.25, 0.3) is 6.08 Å². The topological polar surface area (TPSA) is 50.7 Å². The Balaban J connectivity index is 2.68. The van der Waals surface area contributed by atoms with Gasteiger partial charge in [-0.25, -0.2) is 4.79 Å². The molecule has 0 spiro atoms. The van der Waals surface area contributed by atoms with Crippen LogP contribution in [0.1, 0.15) is 58.4 Å². The van der Waals surface area contributed by atoms with Crippen molar-refractivity contribution in [1.29, 1.82) is 0 Å².